The largest absolute Gasteiger partial charge is 0.480 e. The molecule has 0 amide bonds. The molecule has 0 aliphatic heterocycles. The molecule has 1 aromatic heterocycles. The first kappa shape index (κ1) is 16.1. The highest BCUT2D eigenvalue weighted by Gasteiger charge is 2.46. The quantitative estimate of drug-likeness (QED) is 0.775. The summed E-state index contributed by atoms with van der Waals surface area (Å²) < 4.78 is 1.89. The lowest BCUT2D eigenvalue weighted by atomic mass is 9.97. The van der Waals surface area contributed by atoms with E-state index in [0.717, 1.165) is 15.1 Å². The smallest absolute Gasteiger partial charge is 0.323 e. The summed E-state index contributed by atoms with van der Waals surface area (Å²) in [6, 6.07) is 0.166. The zero-order valence-electron chi connectivity index (χ0n) is 11.8. The summed E-state index contributed by atoms with van der Waals surface area (Å²) in [5.41, 5.74) is -0.779. The van der Waals surface area contributed by atoms with E-state index in [4.69, 9.17) is 0 Å². The highest BCUT2D eigenvalue weighted by Crippen LogP contribution is 2.42. The summed E-state index contributed by atoms with van der Waals surface area (Å²) in [4.78, 5) is 11.6. The molecule has 1 aliphatic carbocycles. The van der Waals surface area contributed by atoms with E-state index < -0.39 is 11.5 Å². The first-order valence-corrected chi connectivity index (χ1v) is 9.42. The van der Waals surface area contributed by atoms with Gasteiger partial charge in [0.05, 0.1) is 0 Å². The van der Waals surface area contributed by atoms with E-state index in [-0.39, 0.29) is 6.04 Å². The zero-order chi connectivity index (χ0) is 14.8. The molecular formula is C12H19N3O2S3. The standard InChI is InChI=1S/C12H19N3O2S3/c1-7(2)13-12(9(16)17)5-4-8(6-12)19-11-15-14-10(18-3)20-11/h7-8,13H,4-6H2,1-3H3,(H,16,17). The number of hydrogen-bond donors (Lipinski definition) is 2. The molecule has 0 saturated heterocycles. The lowest BCUT2D eigenvalue weighted by Gasteiger charge is -2.28. The van der Waals surface area contributed by atoms with Gasteiger partial charge in [0.2, 0.25) is 0 Å². The van der Waals surface area contributed by atoms with Crippen LogP contribution in [0.3, 0.4) is 0 Å². The Labute approximate surface area is 131 Å². The van der Waals surface area contributed by atoms with Crippen molar-refractivity contribution < 1.29 is 9.90 Å². The molecule has 5 nitrogen and oxygen atoms in total. The molecule has 2 rings (SSSR count). The number of aromatic nitrogens is 2. The molecule has 20 heavy (non-hydrogen) atoms. The van der Waals surface area contributed by atoms with Crippen molar-refractivity contribution in [3.05, 3.63) is 0 Å². The van der Waals surface area contributed by atoms with Crippen LogP contribution in [-0.2, 0) is 4.79 Å². The fourth-order valence-electron chi connectivity index (χ4n) is 2.51. The van der Waals surface area contributed by atoms with Crippen LogP contribution in [0.4, 0.5) is 0 Å². The topological polar surface area (TPSA) is 75.1 Å². The second-order valence-corrected chi connectivity index (χ2v) is 8.79. The molecule has 0 spiro atoms. The van der Waals surface area contributed by atoms with Crippen molar-refractivity contribution in [1.29, 1.82) is 0 Å². The van der Waals surface area contributed by atoms with Crippen LogP contribution in [0, 0.1) is 0 Å². The van der Waals surface area contributed by atoms with Crippen LogP contribution in [0.25, 0.3) is 0 Å². The lowest BCUT2D eigenvalue weighted by molar-refractivity contribution is -0.145. The second kappa shape index (κ2) is 6.64. The predicted molar refractivity (Wildman–Crippen MR) is 83.8 cm³/mol. The fraction of sp³-hybridized carbons (Fsp3) is 0.750. The van der Waals surface area contributed by atoms with Crippen LogP contribution >= 0.6 is 34.9 Å². The summed E-state index contributed by atoms with van der Waals surface area (Å²) in [5, 5.41) is 21.3. The summed E-state index contributed by atoms with van der Waals surface area (Å²) in [7, 11) is 0. The number of nitrogens with one attached hydrogen (secondary N) is 1. The molecule has 2 atom stereocenters. The van der Waals surface area contributed by atoms with Gasteiger partial charge in [0.1, 0.15) is 5.54 Å². The van der Waals surface area contributed by atoms with Crippen LogP contribution in [0.15, 0.2) is 8.68 Å². The Hall–Kier alpha value is -0.310. The maximum absolute atomic E-state index is 11.6. The van der Waals surface area contributed by atoms with Gasteiger partial charge in [-0.25, -0.2) is 0 Å². The van der Waals surface area contributed by atoms with Crippen molar-refractivity contribution >= 4 is 40.8 Å². The third-order valence-electron chi connectivity index (χ3n) is 3.27. The molecule has 1 heterocycles. The van der Waals surface area contributed by atoms with Crippen LogP contribution in [0.2, 0.25) is 0 Å². The van der Waals surface area contributed by atoms with Gasteiger partial charge in [-0.3, -0.25) is 10.1 Å². The van der Waals surface area contributed by atoms with Crippen LogP contribution in [-0.4, -0.2) is 44.4 Å². The minimum atomic E-state index is -0.779. The number of carboxylic acids is 1. The average molecular weight is 334 g/mol. The van der Waals surface area contributed by atoms with E-state index >= 15 is 0 Å². The number of carboxylic acid groups (broad SMARTS) is 1. The molecule has 8 heteroatoms. The first-order chi connectivity index (χ1) is 9.45. The molecule has 0 radical (unpaired) electrons. The van der Waals surface area contributed by atoms with E-state index in [1.54, 1.807) is 34.9 Å². The van der Waals surface area contributed by atoms with Gasteiger partial charge in [0.15, 0.2) is 8.68 Å². The Kier molecular flexibility index (Phi) is 5.33. The van der Waals surface area contributed by atoms with Crippen molar-refractivity contribution in [2.45, 2.75) is 58.6 Å². The van der Waals surface area contributed by atoms with Crippen molar-refractivity contribution in [3.63, 3.8) is 0 Å². The Morgan fingerprint density at radius 1 is 1.50 bits per heavy atom. The van der Waals surface area contributed by atoms with Crippen molar-refractivity contribution in [2.75, 3.05) is 6.26 Å². The Morgan fingerprint density at radius 3 is 2.75 bits per heavy atom. The van der Waals surface area contributed by atoms with Gasteiger partial charge in [-0.15, -0.1) is 10.2 Å². The molecule has 112 valence electrons. The minimum Gasteiger partial charge on any atom is -0.480 e. The maximum Gasteiger partial charge on any atom is 0.323 e. The van der Waals surface area contributed by atoms with E-state index in [1.165, 1.54) is 0 Å². The van der Waals surface area contributed by atoms with Crippen LogP contribution in [0.1, 0.15) is 33.1 Å². The van der Waals surface area contributed by atoms with Gasteiger partial charge in [-0.05, 0) is 39.4 Å². The summed E-state index contributed by atoms with van der Waals surface area (Å²) in [6.07, 6.45) is 4.18. The van der Waals surface area contributed by atoms with Crippen molar-refractivity contribution in [1.82, 2.24) is 15.5 Å². The summed E-state index contributed by atoms with van der Waals surface area (Å²) in [6.45, 7) is 3.97. The van der Waals surface area contributed by atoms with E-state index in [9.17, 15) is 9.90 Å². The van der Waals surface area contributed by atoms with Crippen molar-refractivity contribution in [2.24, 2.45) is 0 Å². The van der Waals surface area contributed by atoms with E-state index in [0.29, 0.717) is 18.1 Å². The molecule has 0 bridgehead atoms. The molecule has 1 fully saturated rings. The Morgan fingerprint density at radius 2 is 2.20 bits per heavy atom. The Balaban J connectivity index is 2.01. The number of nitrogens with zero attached hydrogens (tertiary/aromatic N) is 2. The minimum absolute atomic E-state index is 0.166. The highest BCUT2D eigenvalue weighted by atomic mass is 32.2. The highest BCUT2D eigenvalue weighted by molar-refractivity contribution is 8.03. The number of carbonyl (C=O) groups is 1. The van der Waals surface area contributed by atoms with Gasteiger partial charge < -0.3 is 5.11 Å². The van der Waals surface area contributed by atoms with E-state index in [2.05, 4.69) is 15.5 Å². The summed E-state index contributed by atoms with van der Waals surface area (Å²) >= 11 is 4.83. The van der Waals surface area contributed by atoms with Gasteiger partial charge in [0, 0.05) is 11.3 Å². The molecule has 0 aromatic carbocycles. The summed E-state index contributed by atoms with van der Waals surface area (Å²) in [5.74, 6) is -0.739. The fourth-order valence-corrected chi connectivity index (χ4v) is 5.49. The number of rotatable bonds is 6. The third-order valence-corrected chi connectivity index (χ3v) is 6.52. The van der Waals surface area contributed by atoms with Gasteiger partial charge >= 0.3 is 5.97 Å². The molecule has 1 saturated carbocycles. The van der Waals surface area contributed by atoms with Crippen LogP contribution < -0.4 is 5.32 Å². The lowest BCUT2D eigenvalue weighted by Crippen LogP contribution is -2.53. The van der Waals surface area contributed by atoms with Gasteiger partial charge in [0.25, 0.3) is 0 Å². The normalized spacial score (nSPS) is 26.3. The number of aliphatic carboxylic acids is 1. The van der Waals surface area contributed by atoms with Crippen LogP contribution in [0.5, 0.6) is 0 Å². The first-order valence-electron chi connectivity index (χ1n) is 6.50. The number of thioether (sulfide) groups is 2. The van der Waals surface area contributed by atoms with Crippen molar-refractivity contribution in [3.8, 4) is 0 Å². The molecule has 1 aromatic rings. The average Bonchev–Trinajstić information content (AvgIpc) is 2.97. The van der Waals surface area contributed by atoms with E-state index in [1.807, 2.05) is 20.1 Å². The van der Waals surface area contributed by atoms with Gasteiger partial charge in [-0.2, -0.15) is 0 Å². The third kappa shape index (κ3) is 3.66. The van der Waals surface area contributed by atoms with Gasteiger partial charge in [-0.1, -0.05) is 34.9 Å². The molecular weight excluding hydrogens is 314 g/mol. The zero-order valence-corrected chi connectivity index (χ0v) is 14.2. The maximum atomic E-state index is 11.6. The Bertz CT molecular complexity index is 480. The monoisotopic (exact) mass is 333 g/mol. The molecule has 2 unspecified atom stereocenters. The predicted octanol–water partition coefficient (Wildman–Crippen LogP) is 2.73. The second-order valence-electron chi connectivity index (χ2n) is 5.21. The molecule has 2 N–H and O–H groups in total. The SMILES string of the molecule is CSc1nnc(SC2CCC(NC(C)C)(C(=O)O)C2)s1. The number of hydrogen-bond acceptors (Lipinski definition) is 7. The molecule has 1 aliphatic rings.